The van der Waals surface area contributed by atoms with Gasteiger partial charge in [-0.25, -0.2) is 4.39 Å². The summed E-state index contributed by atoms with van der Waals surface area (Å²) in [6.07, 6.45) is 2.95. The van der Waals surface area contributed by atoms with Gasteiger partial charge in [0.15, 0.2) is 11.6 Å². The molecule has 2 aliphatic heterocycles. The monoisotopic (exact) mass is 393 g/mol. The summed E-state index contributed by atoms with van der Waals surface area (Å²) in [6, 6.07) is 6.49. The zero-order chi connectivity index (χ0) is 20.6. The quantitative estimate of drug-likeness (QED) is 0.627. The minimum atomic E-state index is -1.41. The van der Waals surface area contributed by atoms with Crippen molar-refractivity contribution >= 4 is 17.7 Å². The molecule has 146 valence electrons. The van der Waals surface area contributed by atoms with E-state index in [1.165, 1.54) is 24.3 Å². The Morgan fingerprint density at radius 2 is 2.14 bits per heavy atom. The van der Waals surface area contributed by atoms with Gasteiger partial charge in [0.05, 0.1) is 19.1 Å². The molecule has 1 aromatic heterocycles. The molecule has 8 heteroatoms. The van der Waals surface area contributed by atoms with Crippen LogP contribution in [-0.2, 0) is 16.1 Å². The van der Waals surface area contributed by atoms with Crippen molar-refractivity contribution in [2.24, 2.45) is 5.41 Å². The van der Waals surface area contributed by atoms with Crippen molar-refractivity contribution in [3.05, 3.63) is 59.2 Å². The summed E-state index contributed by atoms with van der Waals surface area (Å²) in [5.74, 6) is 3.37. The normalized spacial score (nSPS) is 20.2. The topological polar surface area (TPSA) is 88.6 Å². The maximum atomic E-state index is 14.6. The summed E-state index contributed by atoms with van der Waals surface area (Å²) in [4.78, 5) is 42.6. The molecule has 1 atom stereocenters. The van der Waals surface area contributed by atoms with E-state index >= 15 is 0 Å². The number of hydrogen-bond acceptors (Lipinski definition) is 5. The van der Waals surface area contributed by atoms with Crippen LogP contribution in [-0.4, -0.2) is 41.3 Å². The average Bonchev–Trinajstić information content (AvgIpc) is 3.17. The molecule has 0 bridgehead atoms. The molecule has 0 radical (unpaired) electrons. The van der Waals surface area contributed by atoms with Crippen LogP contribution >= 0.6 is 0 Å². The minimum absolute atomic E-state index is 0.0289. The number of benzene rings is 1. The van der Waals surface area contributed by atoms with E-state index in [0.717, 1.165) is 0 Å². The number of methoxy groups -OCH3 is 1. The molecule has 1 aromatic carbocycles. The summed E-state index contributed by atoms with van der Waals surface area (Å²) >= 11 is 0. The van der Waals surface area contributed by atoms with Crippen LogP contribution in [0.4, 0.5) is 4.39 Å². The van der Waals surface area contributed by atoms with E-state index in [1.807, 2.05) is 0 Å². The molecule has 4 rings (SSSR count). The van der Waals surface area contributed by atoms with Crippen molar-refractivity contribution in [3.63, 3.8) is 0 Å². The number of carbonyl (C=O) groups excluding carboxylic acids is 3. The Labute approximate surface area is 165 Å². The number of rotatable bonds is 3. The van der Waals surface area contributed by atoms with Gasteiger partial charge in [0.25, 0.3) is 5.91 Å². The first-order valence-electron chi connectivity index (χ1n) is 8.86. The van der Waals surface area contributed by atoms with Crippen LogP contribution in [0.25, 0.3) is 0 Å². The molecule has 29 heavy (non-hydrogen) atoms. The third-order valence-corrected chi connectivity index (χ3v) is 4.99. The van der Waals surface area contributed by atoms with E-state index in [1.54, 1.807) is 24.4 Å². The van der Waals surface area contributed by atoms with Gasteiger partial charge in [0.2, 0.25) is 11.8 Å². The number of imide groups is 1. The van der Waals surface area contributed by atoms with E-state index in [-0.39, 0.29) is 30.8 Å². The van der Waals surface area contributed by atoms with Crippen LogP contribution < -0.4 is 10.1 Å². The predicted molar refractivity (Wildman–Crippen MR) is 99.0 cm³/mol. The Morgan fingerprint density at radius 1 is 1.31 bits per heavy atom. The average molecular weight is 393 g/mol. The lowest BCUT2D eigenvalue weighted by atomic mass is 9.86. The van der Waals surface area contributed by atoms with Crippen LogP contribution in [0.3, 0.4) is 0 Å². The largest absolute Gasteiger partial charge is 0.494 e. The van der Waals surface area contributed by atoms with Gasteiger partial charge in [0.1, 0.15) is 5.41 Å². The number of amides is 3. The molecule has 1 saturated heterocycles. The van der Waals surface area contributed by atoms with Crippen molar-refractivity contribution in [1.82, 2.24) is 15.2 Å². The molecule has 3 amide bonds. The number of fused-ring (bicyclic) bond motifs is 1. The molecule has 0 spiro atoms. The molecule has 0 unspecified atom stereocenters. The molecule has 1 N–H and O–H groups in total. The first-order valence-corrected chi connectivity index (χ1v) is 8.86. The predicted octanol–water partition coefficient (Wildman–Crippen LogP) is 1.27. The third kappa shape index (κ3) is 3.21. The van der Waals surface area contributed by atoms with Gasteiger partial charge in [0, 0.05) is 31.0 Å². The number of aromatic nitrogens is 1. The van der Waals surface area contributed by atoms with E-state index < -0.39 is 29.0 Å². The van der Waals surface area contributed by atoms with Crippen LogP contribution in [0.1, 0.15) is 27.9 Å². The zero-order valence-corrected chi connectivity index (χ0v) is 15.5. The summed E-state index contributed by atoms with van der Waals surface area (Å²) in [5.41, 5.74) is -0.422. The van der Waals surface area contributed by atoms with Gasteiger partial charge < -0.3 is 9.64 Å². The molecule has 0 aliphatic carbocycles. The SMILES string of the molecule is COc1ccc2c(c1F)C(=O)N(C[C@@]1(C#Cc3cccnc3)CC(=O)NC1=O)C2. The number of carbonyl (C=O) groups is 3. The molecule has 2 aliphatic rings. The third-order valence-electron chi connectivity index (χ3n) is 4.99. The number of pyridine rings is 1. The van der Waals surface area contributed by atoms with Gasteiger partial charge in [-0.2, -0.15) is 0 Å². The van der Waals surface area contributed by atoms with Crippen LogP contribution in [0.2, 0.25) is 0 Å². The fraction of sp³-hybridized carbons (Fsp3) is 0.238. The summed E-state index contributed by atoms with van der Waals surface area (Å²) in [7, 11) is 1.32. The van der Waals surface area contributed by atoms with Crippen LogP contribution in [0.5, 0.6) is 5.75 Å². The fourth-order valence-electron chi connectivity index (χ4n) is 3.55. The summed E-state index contributed by atoms with van der Waals surface area (Å²) in [6.45, 7) is -0.0139. The molecule has 2 aromatic rings. The maximum absolute atomic E-state index is 14.6. The second-order valence-corrected chi connectivity index (χ2v) is 6.91. The highest BCUT2D eigenvalue weighted by Gasteiger charge is 2.49. The molecule has 1 fully saturated rings. The second-order valence-electron chi connectivity index (χ2n) is 6.91. The number of ether oxygens (including phenoxy) is 1. The number of nitrogens with zero attached hydrogens (tertiary/aromatic N) is 2. The van der Waals surface area contributed by atoms with E-state index in [2.05, 4.69) is 22.1 Å². The second kappa shape index (κ2) is 7.02. The van der Waals surface area contributed by atoms with E-state index in [4.69, 9.17) is 4.74 Å². The van der Waals surface area contributed by atoms with Gasteiger partial charge in [-0.3, -0.25) is 24.7 Å². The Hall–Kier alpha value is -3.73. The molecule has 7 nitrogen and oxygen atoms in total. The van der Waals surface area contributed by atoms with Crippen LogP contribution in [0, 0.1) is 23.1 Å². The number of hydrogen-bond donors (Lipinski definition) is 1. The van der Waals surface area contributed by atoms with Gasteiger partial charge in [-0.05, 0) is 23.8 Å². The lowest BCUT2D eigenvalue weighted by Gasteiger charge is -2.25. The molecule has 0 saturated carbocycles. The highest BCUT2D eigenvalue weighted by Crippen LogP contribution is 2.35. The molecular formula is C21H16FN3O4. The Bertz CT molecular complexity index is 1090. The highest BCUT2D eigenvalue weighted by atomic mass is 19.1. The summed E-state index contributed by atoms with van der Waals surface area (Å²) in [5, 5.41) is 2.26. The van der Waals surface area contributed by atoms with Crippen molar-refractivity contribution in [2.75, 3.05) is 13.7 Å². The molecule has 3 heterocycles. The summed E-state index contributed by atoms with van der Waals surface area (Å²) < 4.78 is 19.5. The number of halogens is 1. The van der Waals surface area contributed by atoms with E-state index in [9.17, 15) is 18.8 Å². The lowest BCUT2D eigenvalue weighted by molar-refractivity contribution is -0.127. The maximum Gasteiger partial charge on any atom is 0.257 e. The van der Waals surface area contributed by atoms with Crippen LogP contribution in [0.15, 0.2) is 36.7 Å². The van der Waals surface area contributed by atoms with Gasteiger partial charge >= 0.3 is 0 Å². The first-order chi connectivity index (χ1) is 13.9. The van der Waals surface area contributed by atoms with Crippen molar-refractivity contribution in [1.29, 1.82) is 0 Å². The lowest BCUT2D eigenvalue weighted by Crippen LogP contribution is -2.42. The standard InChI is InChI=1S/C21H16FN3O4/c1-29-15-5-4-14-11-25(19(27)17(14)18(15)22)12-21(9-16(26)24-20(21)28)7-6-13-3-2-8-23-10-13/h2-5,8,10H,9,11-12H2,1H3,(H,24,26,28)/t21-/m1/s1. The first kappa shape index (κ1) is 18.6. The fourth-order valence-corrected chi connectivity index (χ4v) is 3.55. The molecular weight excluding hydrogens is 377 g/mol. The Balaban J connectivity index is 1.67. The van der Waals surface area contributed by atoms with Gasteiger partial charge in [-0.15, -0.1) is 0 Å². The highest BCUT2D eigenvalue weighted by molar-refractivity contribution is 6.08. The smallest absolute Gasteiger partial charge is 0.257 e. The Kier molecular flexibility index (Phi) is 4.51. The minimum Gasteiger partial charge on any atom is -0.494 e. The van der Waals surface area contributed by atoms with Crippen molar-refractivity contribution < 1.29 is 23.5 Å². The zero-order valence-electron chi connectivity index (χ0n) is 15.5. The van der Waals surface area contributed by atoms with E-state index in [0.29, 0.717) is 11.1 Å². The number of nitrogens with one attached hydrogen (secondary N) is 1. The van der Waals surface area contributed by atoms with Crippen molar-refractivity contribution in [3.8, 4) is 17.6 Å². The Morgan fingerprint density at radius 3 is 2.79 bits per heavy atom. The van der Waals surface area contributed by atoms with Crippen molar-refractivity contribution in [2.45, 2.75) is 13.0 Å². The van der Waals surface area contributed by atoms with Gasteiger partial charge in [-0.1, -0.05) is 17.9 Å².